The van der Waals surface area contributed by atoms with E-state index in [2.05, 4.69) is 43.5 Å². The Morgan fingerprint density at radius 2 is 1.08 bits per heavy atom. The lowest BCUT2D eigenvalue weighted by atomic mass is 10.1. The van der Waals surface area contributed by atoms with Crippen LogP contribution in [0.1, 0.15) is 174 Å². The number of hydrogen-bond acceptors (Lipinski definition) is 5. The van der Waals surface area contributed by atoms with Gasteiger partial charge in [-0.1, -0.05) is 159 Å². The zero-order valence-corrected chi connectivity index (χ0v) is 34.7. The van der Waals surface area contributed by atoms with Crippen molar-refractivity contribution in [3.05, 3.63) is 36.5 Å². The molecule has 51 heavy (non-hydrogen) atoms. The highest BCUT2D eigenvalue weighted by Crippen LogP contribution is 2.43. The minimum atomic E-state index is -4.34. The van der Waals surface area contributed by atoms with Crippen LogP contribution in [0, 0.1) is 0 Å². The lowest BCUT2D eigenvalue weighted by molar-refractivity contribution is -0.870. The maximum Gasteiger partial charge on any atom is 0.472 e. The second kappa shape index (κ2) is 34.5. The van der Waals surface area contributed by atoms with Gasteiger partial charge in [0.1, 0.15) is 13.2 Å². The molecule has 3 unspecified atom stereocenters. The molecule has 0 saturated carbocycles. The van der Waals surface area contributed by atoms with E-state index in [4.69, 9.17) is 9.05 Å². The Labute approximate surface area is 315 Å². The molecule has 1 amide bonds. The second-order valence-electron chi connectivity index (χ2n) is 15.4. The Morgan fingerprint density at radius 3 is 1.57 bits per heavy atom. The molecule has 0 radical (unpaired) electrons. The molecule has 0 bridgehead atoms. The average molecular weight is 742 g/mol. The Bertz CT molecular complexity index is 933. The summed E-state index contributed by atoms with van der Waals surface area (Å²) in [6, 6.07) is -0.863. The molecule has 3 atom stereocenters. The van der Waals surface area contributed by atoms with Crippen molar-refractivity contribution in [3.8, 4) is 0 Å². The number of carbonyl (C=O) groups excluding carboxylic acids is 1. The topological polar surface area (TPSA) is 105 Å². The third-order valence-electron chi connectivity index (χ3n) is 9.09. The molecule has 0 aliphatic rings. The highest BCUT2D eigenvalue weighted by atomic mass is 31.2. The molecule has 8 nitrogen and oxygen atoms in total. The average Bonchev–Trinajstić information content (AvgIpc) is 3.07. The lowest BCUT2D eigenvalue weighted by Gasteiger charge is -2.25. The third-order valence-corrected chi connectivity index (χ3v) is 10.1. The number of unbranched alkanes of at least 4 members (excludes halogenated alkanes) is 20. The summed E-state index contributed by atoms with van der Waals surface area (Å²) >= 11 is 0. The van der Waals surface area contributed by atoms with Crippen LogP contribution >= 0.6 is 7.82 Å². The van der Waals surface area contributed by atoms with Gasteiger partial charge in [-0.3, -0.25) is 13.8 Å². The van der Waals surface area contributed by atoms with Crippen LogP contribution in [-0.2, 0) is 18.4 Å². The molecule has 0 fully saturated rings. The second-order valence-corrected chi connectivity index (χ2v) is 16.8. The summed E-state index contributed by atoms with van der Waals surface area (Å²) in [5, 5.41) is 13.7. The summed E-state index contributed by atoms with van der Waals surface area (Å²) in [7, 11) is 1.54. The fourth-order valence-corrected chi connectivity index (χ4v) is 6.45. The zero-order valence-electron chi connectivity index (χ0n) is 33.8. The smallest absolute Gasteiger partial charge is 0.387 e. The molecule has 300 valence electrons. The quantitative estimate of drug-likeness (QED) is 0.0253. The van der Waals surface area contributed by atoms with Crippen molar-refractivity contribution < 1.29 is 32.9 Å². The number of aliphatic hydroxyl groups excluding tert-OH is 1. The van der Waals surface area contributed by atoms with E-state index in [1.54, 1.807) is 6.08 Å². The third kappa shape index (κ3) is 36.9. The van der Waals surface area contributed by atoms with Crippen molar-refractivity contribution >= 4 is 13.7 Å². The Kier molecular flexibility index (Phi) is 33.6. The van der Waals surface area contributed by atoms with Gasteiger partial charge in [-0.25, -0.2) is 4.57 Å². The van der Waals surface area contributed by atoms with Crippen molar-refractivity contribution in [1.29, 1.82) is 0 Å². The number of quaternary nitrogens is 1. The monoisotopic (exact) mass is 742 g/mol. The van der Waals surface area contributed by atoms with Crippen molar-refractivity contribution in [2.24, 2.45) is 0 Å². The Hall–Kier alpha value is -1.28. The first-order valence-corrected chi connectivity index (χ1v) is 22.4. The number of rotatable bonds is 37. The van der Waals surface area contributed by atoms with E-state index >= 15 is 0 Å². The molecule has 0 aromatic heterocycles. The standard InChI is InChI=1S/C42H81N2O6P/c1-6-8-10-12-14-16-17-18-19-20-21-22-23-24-25-26-27-28-29-31-33-35-41(45)40(39-50-51(47,48)49-38-37-44(3,4)5)43-42(46)36-34-32-30-15-13-11-9-7-2/h23-24,27-28,33,35,40-41,45H,6-22,25-26,29-32,34,36-39H2,1-5H3,(H-,43,46,47,48)/p+1/b24-23+,28-27+,35-33+. The maximum absolute atomic E-state index is 12.7. The largest absolute Gasteiger partial charge is 0.472 e. The summed E-state index contributed by atoms with van der Waals surface area (Å²) in [6.45, 7) is 4.73. The van der Waals surface area contributed by atoms with E-state index in [0.717, 1.165) is 44.9 Å². The number of likely N-dealkylation sites (N-methyl/N-ethyl adjacent to an activating group) is 1. The zero-order chi connectivity index (χ0) is 37.9. The van der Waals surface area contributed by atoms with Crippen LogP contribution in [0.2, 0.25) is 0 Å². The molecule has 0 heterocycles. The van der Waals surface area contributed by atoms with Crippen LogP contribution in [0.5, 0.6) is 0 Å². The molecular formula is C42H82N2O6P+. The van der Waals surface area contributed by atoms with Gasteiger partial charge >= 0.3 is 7.82 Å². The highest BCUT2D eigenvalue weighted by molar-refractivity contribution is 7.47. The van der Waals surface area contributed by atoms with Crippen LogP contribution in [-0.4, -0.2) is 73.4 Å². The summed E-state index contributed by atoms with van der Waals surface area (Å²) in [5.41, 5.74) is 0. The van der Waals surface area contributed by atoms with E-state index in [-0.39, 0.29) is 19.1 Å². The number of aliphatic hydroxyl groups is 1. The van der Waals surface area contributed by atoms with E-state index in [1.165, 1.54) is 109 Å². The Morgan fingerprint density at radius 1 is 0.647 bits per heavy atom. The van der Waals surface area contributed by atoms with E-state index < -0.39 is 20.0 Å². The minimum Gasteiger partial charge on any atom is -0.387 e. The number of nitrogens with zero attached hydrogens (tertiary/aromatic N) is 1. The molecule has 0 aromatic carbocycles. The number of carbonyl (C=O) groups is 1. The van der Waals surface area contributed by atoms with Gasteiger partial charge in [0.25, 0.3) is 0 Å². The Balaban J connectivity index is 4.44. The minimum absolute atomic E-state index is 0.0540. The van der Waals surface area contributed by atoms with Gasteiger partial charge in [0, 0.05) is 6.42 Å². The van der Waals surface area contributed by atoms with Crippen LogP contribution in [0.4, 0.5) is 0 Å². The van der Waals surface area contributed by atoms with Crippen molar-refractivity contribution in [3.63, 3.8) is 0 Å². The van der Waals surface area contributed by atoms with E-state index in [9.17, 15) is 19.4 Å². The predicted molar refractivity (Wildman–Crippen MR) is 217 cm³/mol. The van der Waals surface area contributed by atoms with Gasteiger partial charge in [-0.15, -0.1) is 0 Å². The summed E-state index contributed by atoms with van der Waals surface area (Å²) in [5.74, 6) is -0.198. The molecular weight excluding hydrogens is 659 g/mol. The lowest BCUT2D eigenvalue weighted by Crippen LogP contribution is -2.45. The molecule has 0 aromatic rings. The predicted octanol–water partition coefficient (Wildman–Crippen LogP) is 11.1. The van der Waals surface area contributed by atoms with Crippen molar-refractivity contribution in [2.75, 3.05) is 40.9 Å². The first-order chi connectivity index (χ1) is 24.5. The van der Waals surface area contributed by atoms with Crippen LogP contribution in [0.25, 0.3) is 0 Å². The summed E-state index contributed by atoms with van der Waals surface area (Å²) < 4.78 is 23.4. The molecule has 0 spiro atoms. The van der Waals surface area contributed by atoms with Crippen molar-refractivity contribution in [1.82, 2.24) is 5.32 Å². The molecule has 0 aliphatic carbocycles. The molecule has 3 N–H and O–H groups in total. The normalized spacial score (nSPS) is 14.9. The van der Waals surface area contributed by atoms with Gasteiger partial charge in [0.2, 0.25) is 5.91 Å². The molecule has 9 heteroatoms. The molecule has 0 saturated heterocycles. The SMILES string of the molecule is CCCCCCCCCCCCC/C=C/CC/C=C/CC/C=C/C(O)C(COP(=O)(O)OCC[N+](C)(C)C)NC(=O)CCCCCCCCCC. The number of allylic oxidation sites excluding steroid dienone is 5. The summed E-state index contributed by atoms with van der Waals surface area (Å²) in [6.07, 6.45) is 40.9. The number of hydrogen-bond donors (Lipinski definition) is 3. The van der Waals surface area contributed by atoms with Crippen molar-refractivity contribution in [2.45, 2.75) is 187 Å². The van der Waals surface area contributed by atoms with Gasteiger partial charge in [-0.2, -0.15) is 0 Å². The first-order valence-electron chi connectivity index (χ1n) is 20.9. The molecule has 0 rings (SSSR count). The fourth-order valence-electron chi connectivity index (χ4n) is 5.72. The number of amides is 1. The summed E-state index contributed by atoms with van der Waals surface area (Å²) in [4.78, 5) is 22.9. The fraction of sp³-hybridized carbons (Fsp3) is 0.833. The number of phosphoric acid groups is 1. The first kappa shape index (κ1) is 49.7. The maximum atomic E-state index is 12.7. The number of phosphoric ester groups is 1. The van der Waals surface area contributed by atoms with Gasteiger partial charge in [0.15, 0.2) is 0 Å². The number of nitrogens with one attached hydrogen (secondary N) is 1. The van der Waals surface area contributed by atoms with Crippen LogP contribution < -0.4 is 5.32 Å². The highest BCUT2D eigenvalue weighted by Gasteiger charge is 2.27. The van der Waals surface area contributed by atoms with Gasteiger partial charge in [-0.05, 0) is 44.9 Å². The van der Waals surface area contributed by atoms with E-state index in [0.29, 0.717) is 17.4 Å². The van der Waals surface area contributed by atoms with Gasteiger partial charge < -0.3 is 19.8 Å². The van der Waals surface area contributed by atoms with E-state index in [1.807, 2.05) is 27.2 Å². The van der Waals surface area contributed by atoms with Crippen LogP contribution in [0.15, 0.2) is 36.5 Å². The molecule has 0 aliphatic heterocycles. The van der Waals surface area contributed by atoms with Crippen LogP contribution in [0.3, 0.4) is 0 Å². The van der Waals surface area contributed by atoms with Gasteiger partial charge in [0.05, 0.1) is 39.9 Å².